The molecular weight excluding hydrogens is 566 g/mol. The first kappa shape index (κ1) is 28.7. The van der Waals surface area contributed by atoms with Crippen molar-refractivity contribution in [1.82, 2.24) is 9.97 Å². The lowest BCUT2D eigenvalue weighted by Crippen LogP contribution is -2.27. The SMILES string of the molecule is COc1cc(OC)c(Cl)c(COc2cnc(Nc3c(Cl)cc(Cl)cc3NC(=O)OC(C)(C)C)nc2)c1Cl. The van der Waals surface area contributed by atoms with Crippen molar-refractivity contribution in [2.24, 2.45) is 0 Å². The van der Waals surface area contributed by atoms with Gasteiger partial charge in [-0.25, -0.2) is 14.8 Å². The van der Waals surface area contributed by atoms with Crippen molar-refractivity contribution in [1.29, 1.82) is 0 Å². The van der Waals surface area contributed by atoms with Crippen LogP contribution in [0.1, 0.15) is 26.3 Å². The number of amides is 1. The molecule has 0 saturated heterocycles. The minimum atomic E-state index is -0.691. The molecule has 0 bridgehead atoms. The first-order chi connectivity index (χ1) is 17.4. The second-order valence-electron chi connectivity index (χ2n) is 8.48. The van der Waals surface area contributed by atoms with Crippen LogP contribution >= 0.6 is 46.4 Å². The van der Waals surface area contributed by atoms with Crippen LogP contribution < -0.4 is 24.8 Å². The Kier molecular flexibility index (Phi) is 9.41. The van der Waals surface area contributed by atoms with Crippen molar-refractivity contribution in [3.05, 3.63) is 56.2 Å². The summed E-state index contributed by atoms with van der Waals surface area (Å²) in [7, 11) is 2.97. The third kappa shape index (κ3) is 7.58. The molecule has 0 atom stereocenters. The van der Waals surface area contributed by atoms with Crippen LogP contribution in [-0.4, -0.2) is 35.9 Å². The minimum absolute atomic E-state index is 0.00826. The predicted octanol–water partition coefficient (Wildman–Crippen LogP) is 7.78. The molecule has 0 spiro atoms. The summed E-state index contributed by atoms with van der Waals surface area (Å²) >= 11 is 25.3. The van der Waals surface area contributed by atoms with E-state index in [-0.39, 0.29) is 23.3 Å². The molecule has 9 nitrogen and oxygen atoms in total. The molecule has 3 rings (SSSR count). The van der Waals surface area contributed by atoms with Gasteiger partial charge >= 0.3 is 6.09 Å². The number of ether oxygens (including phenoxy) is 4. The van der Waals surface area contributed by atoms with E-state index in [1.165, 1.54) is 38.7 Å². The molecular formula is C24H24Cl4N4O5. The van der Waals surface area contributed by atoms with Gasteiger partial charge < -0.3 is 24.3 Å². The standard InChI is InChI=1S/C24H24Cl4N4O5/c1-24(2,3)37-23(33)31-16-7-12(25)6-15(26)21(16)32-22-29-9-13(10-30-22)36-11-14-19(27)17(34-4)8-18(35-5)20(14)28/h6-10H,11H2,1-5H3,(H,31,33)(H,29,30,32). The molecule has 0 radical (unpaired) electrons. The Labute approximate surface area is 234 Å². The summed E-state index contributed by atoms with van der Waals surface area (Å²) in [5.74, 6) is 1.32. The molecule has 0 unspecified atom stereocenters. The molecule has 198 valence electrons. The summed E-state index contributed by atoms with van der Waals surface area (Å²) in [6.07, 6.45) is 2.21. The van der Waals surface area contributed by atoms with Crippen molar-refractivity contribution in [2.45, 2.75) is 33.0 Å². The van der Waals surface area contributed by atoms with Gasteiger partial charge in [-0.15, -0.1) is 0 Å². The number of aromatic nitrogens is 2. The van der Waals surface area contributed by atoms with Gasteiger partial charge in [0.25, 0.3) is 0 Å². The van der Waals surface area contributed by atoms with Crippen molar-refractivity contribution in [3.63, 3.8) is 0 Å². The van der Waals surface area contributed by atoms with Crippen LogP contribution in [-0.2, 0) is 11.3 Å². The van der Waals surface area contributed by atoms with E-state index in [1.54, 1.807) is 26.8 Å². The molecule has 1 aromatic heterocycles. The molecule has 0 fully saturated rings. The van der Waals surface area contributed by atoms with E-state index < -0.39 is 11.7 Å². The van der Waals surface area contributed by atoms with E-state index in [9.17, 15) is 4.79 Å². The van der Waals surface area contributed by atoms with Crippen molar-refractivity contribution < 1.29 is 23.7 Å². The monoisotopic (exact) mass is 588 g/mol. The van der Waals surface area contributed by atoms with Gasteiger partial charge in [-0.05, 0) is 32.9 Å². The normalized spacial score (nSPS) is 11.1. The molecule has 0 saturated carbocycles. The van der Waals surface area contributed by atoms with Gasteiger partial charge in [-0.1, -0.05) is 46.4 Å². The van der Waals surface area contributed by atoms with Gasteiger partial charge in [0.05, 0.1) is 53.1 Å². The highest BCUT2D eigenvalue weighted by Gasteiger charge is 2.20. The number of halogens is 4. The Bertz CT molecular complexity index is 1260. The molecule has 3 aromatic rings. The molecule has 0 aliphatic heterocycles. The quantitative estimate of drug-likeness (QED) is 0.274. The molecule has 1 heterocycles. The molecule has 2 aromatic carbocycles. The maximum atomic E-state index is 12.3. The second kappa shape index (κ2) is 12.1. The van der Waals surface area contributed by atoms with Gasteiger partial charge in [-0.2, -0.15) is 0 Å². The number of nitrogens with zero attached hydrogens (tertiary/aromatic N) is 2. The summed E-state index contributed by atoms with van der Waals surface area (Å²) in [4.78, 5) is 20.8. The molecule has 0 aliphatic rings. The van der Waals surface area contributed by atoms with Crippen LogP contribution in [0.15, 0.2) is 30.6 Å². The second-order valence-corrected chi connectivity index (χ2v) is 10.1. The minimum Gasteiger partial charge on any atom is -0.495 e. The Morgan fingerprint density at radius 2 is 1.54 bits per heavy atom. The summed E-state index contributed by atoms with van der Waals surface area (Å²) in [5, 5.41) is 6.76. The Morgan fingerprint density at radius 3 is 2.08 bits per heavy atom. The summed E-state index contributed by atoms with van der Waals surface area (Å²) < 4.78 is 21.6. The Hall–Kier alpha value is -2.85. The van der Waals surface area contributed by atoms with Crippen LogP contribution in [0.5, 0.6) is 17.2 Å². The van der Waals surface area contributed by atoms with E-state index in [1.807, 2.05) is 0 Å². The fraction of sp³-hybridized carbons (Fsp3) is 0.292. The van der Waals surface area contributed by atoms with E-state index >= 15 is 0 Å². The summed E-state index contributed by atoms with van der Waals surface area (Å²) in [6, 6.07) is 4.62. The van der Waals surface area contributed by atoms with Gasteiger partial charge in [0.1, 0.15) is 23.7 Å². The highest BCUT2D eigenvalue weighted by molar-refractivity contribution is 6.38. The Balaban J connectivity index is 1.76. The number of anilines is 3. The molecule has 13 heteroatoms. The van der Waals surface area contributed by atoms with Crippen molar-refractivity contribution in [3.8, 4) is 17.2 Å². The van der Waals surface area contributed by atoms with E-state index in [0.29, 0.717) is 43.6 Å². The Morgan fingerprint density at radius 1 is 0.946 bits per heavy atom. The molecule has 2 N–H and O–H groups in total. The zero-order chi connectivity index (χ0) is 27.3. The smallest absolute Gasteiger partial charge is 0.412 e. The van der Waals surface area contributed by atoms with Gasteiger partial charge in [0.15, 0.2) is 5.75 Å². The number of hydrogen-bond donors (Lipinski definition) is 2. The zero-order valence-corrected chi connectivity index (χ0v) is 23.6. The summed E-state index contributed by atoms with van der Waals surface area (Å²) in [5.41, 5.74) is 0.399. The first-order valence-corrected chi connectivity index (χ1v) is 12.2. The zero-order valence-electron chi connectivity index (χ0n) is 20.5. The van der Waals surface area contributed by atoms with Crippen molar-refractivity contribution in [2.75, 3.05) is 24.9 Å². The number of rotatable bonds is 8. The van der Waals surface area contributed by atoms with Gasteiger partial charge in [-0.3, -0.25) is 5.32 Å². The van der Waals surface area contributed by atoms with E-state index in [4.69, 9.17) is 65.4 Å². The maximum absolute atomic E-state index is 12.3. The lowest BCUT2D eigenvalue weighted by Gasteiger charge is -2.21. The fourth-order valence-corrected chi connectivity index (χ4v) is 4.15. The largest absolute Gasteiger partial charge is 0.495 e. The lowest BCUT2D eigenvalue weighted by atomic mass is 10.2. The third-order valence-electron chi connectivity index (χ3n) is 4.60. The predicted molar refractivity (Wildman–Crippen MR) is 146 cm³/mol. The highest BCUT2D eigenvalue weighted by Crippen LogP contribution is 2.41. The third-order valence-corrected chi connectivity index (χ3v) is 5.95. The van der Waals surface area contributed by atoms with Gasteiger partial charge in [0, 0.05) is 16.7 Å². The molecule has 0 aliphatic carbocycles. The average Bonchev–Trinajstić information content (AvgIpc) is 2.81. The fourth-order valence-electron chi connectivity index (χ4n) is 3.00. The number of carbonyl (C=O) groups excluding carboxylic acids is 1. The molecule has 1 amide bonds. The maximum Gasteiger partial charge on any atom is 0.412 e. The number of nitrogens with one attached hydrogen (secondary N) is 2. The highest BCUT2D eigenvalue weighted by atomic mass is 35.5. The summed E-state index contributed by atoms with van der Waals surface area (Å²) in [6.45, 7) is 5.26. The number of benzene rings is 2. The van der Waals surface area contributed by atoms with E-state index in [2.05, 4.69) is 20.6 Å². The first-order valence-electron chi connectivity index (χ1n) is 10.7. The van der Waals surface area contributed by atoms with Crippen LogP contribution in [0.25, 0.3) is 0 Å². The van der Waals surface area contributed by atoms with Crippen LogP contribution in [0.2, 0.25) is 20.1 Å². The van der Waals surface area contributed by atoms with Crippen molar-refractivity contribution >= 4 is 69.8 Å². The lowest BCUT2D eigenvalue weighted by molar-refractivity contribution is 0.0636. The van der Waals surface area contributed by atoms with Crippen LogP contribution in [0.4, 0.5) is 22.1 Å². The van der Waals surface area contributed by atoms with Gasteiger partial charge in [0.2, 0.25) is 5.95 Å². The van der Waals surface area contributed by atoms with Crippen LogP contribution in [0, 0.1) is 0 Å². The number of methoxy groups -OCH3 is 2. The topological polar surface area (TPSA) is 104 Å². The number of carbonyl (C=O) groups is 1. The number of hydrogen-bond acceptors (Lipinski definition) is 8. The van der Waals surface area contributed by atoms with E-state index in [0.717, 1.165) is 0 Å². The molecule has 37 heavy (non-hydrogen) atoms. The van der Waals surface area contributed by atoms with Crippen LogP contribution in [0.3, 0.4) is 0 Å². The average molecular weight is 590 g/mol.